The zero-order chi connectivity index (χ0) is 21.8. The molecule has 2 aromatic heterocycles. The van der Waals surface area contributed by atoms with E-state index in [1.807, 2.05) is 0 Å². The molecule has 0 amide bonds. The molecule has 0 unspecified atom stereocenters. The molecule has 3 nitrogen and oxygen atoms in total. The molecule has 0 radical (unpaired) electrons. The van der Waals surface area contributed by atoms with Crippen molar-refractivity contribution in [2.24, 2.45) is 0 Å². The van der Waals surface area contributed by atoms with Crippen LogP contribution in [0.1, 0.15) is 66.4 Å². The minimum atomic E-state index is -2.93. The van der Waals surface area contributed by atoms with E-state index >= 15 is 0 Å². The summed E-state index contributed by atoms with van der Waals surface area (Å²) in [4.78, 5) is 13.2. The molecular weight excluding hydrogens is 469 g/mol. The Hall–Kier alpha value is -2.16. The second-order valence-corrected chi connectivity index (χ2v) is 8.47. The third-order valence-corrected chi connectivity index (χ3v) is 6.09. The maximum atomic E-state index is 14.7. The van der Waals surface area contributed by atoms with E-state index in [4.69, 9.17) is 0 Å². The van der Waals surface area contributed by atoms with Crippen LogP contribution in [0.4, 0.5) is 22.0 Å². The van der Waals surface area contributed by atoms with Gasteiger partial charge in [-0.2, -0.15) is 0 Å². The number of hydrogen-bond acceptors (Lipinski definition) is 3. The summed E-state index contributed by atoms with van der Waals surface area (Å²) >= 11 is 3.40. The van der Waals surface area contributed by atoms with Gasteiger partial charge in [-0.05, 0) is 34.5 Å². The lowest BCUT2D eigenvalue weighted by Crippen LogP contribution is -2.34. The van der Waals surface area contributed by atoms with Gasteiger partial charge >= 0.3 is 0 Å². The number of pyridine rings is 1. The van der Waals surface area contributed by atoms with E-state index in [1.54, 1.807) is 19.9 Å². The molecule has 4 rings (SSSR count). The molecule has 158 valence electrons. The maximum absolute atomic E-state index is 14.7. The monoisotopic (exact) mass is 485 g/mol. The minimum absolute atomic E-state index is 0.0889. The molecule has 30 heavy (non-hydrogen) atoms. The summed E-state index contributed by atoms with van der Waals surface area (Å²) in [6.45, 7) is 3.31. The largest absolute Gasteiger partial charge is 0.266 e. The van der Waals surface area contributed by atoms with E-state index in [0.717, 1.165) is 6.07 Å². The van der Waals surface area contributed by atoms with Crippen LogP contribution in [-0.4, -0.2) is 20.9 Å². The summed E-state index contributed by atoms with van der Waals surface area (Å²) in [5, 5.41) is 0.511. The van der Waals surface area contributed by atoms with Gasteiger partial charge in [-0.1, -0.05) is 25.1 Å². The van der Waals surface area contributed by atoms with Gasteiger partial charge in [-0.3, -0.25) is 0 Å². The molecule has 3 aromatic rings. The molecule has 9 heteroatoms. The van der Waals surface area contributed by atoms with Crippen molar-refractivity contribution in [1.29, 1.82) is 0 Å². The molecule has 1 aliphatic rings. The van der Waals surface area contributed by atoms with Crippen molar-refractivity contribution >= 4 is 27.0 Å². The smallest absolute Gasteiger partial charge is 0.237 e. The Labute approximate surface area is 177 Å². The van der Waals surface area contributed by atoms with Gasteiger partial charge in [0.05, 0.1) is 17.0 Å². The number of aryl methyl sites for hydroxylation is 1. The predicted octanol–water partition coefficient (Wildman–Crippen LogP) is 6.84. The van der Waals surface area contributed by atoms with Crippen molar-refractivity contribution in [3.63, 3.8) is 0 Å². The number of hydrogen-bond donors (Lipinski definition) is 0. The number of benzene rings is 1. The lowest BCUT2D eigenvalue weighted by Gasteiger charge is -2.35. The average Bonchev–Trinajstić information content (AvgIpc) is 2.64. The van der Waals surface area contributed by atoms with Crippen LogP contribution in [0.15, 0.2) is 28.7 Å². The van der Waals surface area contributed by atoms with Crippen LogP contribution < -0.4 is 0 Å². The Morgan fingerprint density at radius 1 is 1.10 bits per heavy atom. The molecule has 2 heterocycles. The van der Waals surface area contributed by atoms with Gasteiger partial charge in [0.2, 0.25) is 5.92 Å². The molecule has 0 bridgehead atoms. The van der Waals surface area contributed by atoms with Crippen molar-refractivity contribution in [3.05, 3.63) is 62.9 Å². The topological polar surface area (TPSA) is 38.7 Å². The summed E-state index contributed by atoms with van der Waals surface area (Å²) in [5.41, 5.74) is 0.661. The predicted molar refractivity (Wildman–Crippen MR) is 106 cm³/mol. The molecule has 1 aliphatic carbocycles. The Morgan fingerprint density at radius 2 is 1.77 bits per heavy atom. The third-order valence-electron chi connectivity index (χ3n) is 5.46. The zero-order valence-corrected chi connectivity index (χ0v) is 17.7. The van der Waals surface area contributed by atoms with Gasteiger partial charge in [0.1, 0.15) is 11.6 Å². The standard InChI is InChI=1S/C21H17BrF5N3/c1-9(12-4-3-5-13(16(12)23)19(24)25)17-14-6-15(22)18(11-7-21(26,27)8-11)30-20(14)29-10(2)28-17/h3-6,9,11,19H,7-8H2,1-2H3/t9-/m1/s1. The van der Waals surface area contributed by atoms with Crippen LogP contribution >= 0.6 is 15.9 Å². The summed E-state index contributed by atoms with van der Waals surface area (Å²) in [6, 6.07) is 5.57. The molecule has 1 fully saturated rings. The van der Waals surface area contributed by atoms with Crippen molar-refractivity contribution in [2.75, 3.05) is 0 Å². The van der Waals surface area contributed by atoms with Crippen molar-refractivity contribution < 1.29 is 22.0 Å². The number of fused-ring (bicyclic) bond motifs is 1. The lowest BCUT2D eigenvalue weighted by atomic mass is 9.79. The first-order valence-electron chi connectivity index (χ1n) is 9.36. The van der Waals surface area contributed by atoms with E-state index in [-0.39, 0.29) is 24.3 Å². The molecular formula is C21H17BrF5N3. The van der Waals surface area contributed by atoms with Crippen molar-refractivity contribution in [3.8, 4) is 0 Å². The number of halogens is 6. The van der Waals surface area contributed by atoms with Crippen LogP contribution in [0.3, 0.4) is 0 Å². The lowest BCUT2D eigenvalue weighted by molar-refractivity contribution is -0.0877. The Bertz CT molecular complexity index is 1130. The molecule has 0 N–H and O–H groups in total. The SMILES string of the molecule is Cc1nc([C@H](C)c2cccc(C(F)F)c2F)c2cc(Br)c(C3CC(F)(F)C3)nc2n1. The minimum Gasteiger partial charge on any atom is -0.237 e. The van der Waals surface area contributed by atoms with Crippen LogP contribution in [0.25, 0.3) is 11.0 Å². The second-order valence-electron chi connectivity index (χ2n) is 7.62. The normalized spacial score (nSPS) is 17.4. The van der Waals surface area contributed by atoms with Crippen molar-refractivity contribution in [2.45, 2.75) is 50.9 Å². The molecule has 1 aromatic carbocycles. The highest BCUT2D eigenvalue weighted by molar-refractivity contribution is 9.10. The van der Waals surface area contributed by atoms with Crippen molar-refractivity contribution in [1.82, 2.24) is 15.0 Å². The first-order chi connectivity index (χ1) is 14.1. The highest BCUT2D eigenvalue weighted by atomic mass is 79.9. The fraction of sp³-hybridized carbons (Fsp3) is 0.381. The van der Waals surface area contributed by atoms with Gasteiger partial charge in [0, 0.05) is 34.5 Å². The van der Waals surface area contributed by atoms with E-state index in [2.05, 4.69) is 30.9 Å². The fourth-order valence-corrected chi connectivity index (χ4v) is 4.51. The molecule has 0 aliphatic heterocycles. The molecule has 1 saturated carbocycles. The fourth-order valence-electron chi connectivity index (χ4n) is 3.87. The summed E-state index contributed by atoms with van der Waals surface area (Å²) in [6.07, 6.45) is -3.48. The number of rotatable bonds is 4. The van der Waals surface area contributed by atoms with Crippen LogP contribution in [0.5, 0.6) is 0 Å². The van der Waals surface area contributed by atoms with E-state index in [1.165, 1.54) is 12.1 Å². The average molecular weight is 486 g/mol. The Morgan fingerprint density at radius 3 is 2.40 bits per heavy atom. The first kappa shape index (κ1) is 21.1. The summed E-state index contributed by atoms with van der Waals surface area (Å²) in [7, 11) is 0. The quantitative estimate of drug-likeness (QED) is 0.379. The van der Waals surface area contributed by atoms with Gasteiger partial charge in [0.25, 0.3) is 6.43 Å². The van der Waals surface area contributed by atoms with E-state index < -0.39 is 29.6 Å². The molecule has 1 atom stereocenters. The summed E-state index contributed by atoms with van der Waals surface area (Å²) in [5.74, 6) is -4.32. The molecule has 0 spiro atoms. The zero-order valence-electron chi connectivity index (χ0n) is 16.1. The second kappa shape index (κ2) is 7.51. The highest BCUT2D eigenvalue weighted by Gasteiger charge is 2.47. The van der Waals surface area contributed by atoms with Gasteiger partial charge in [-0.25, -0.2) is 36.9 Å². The van der Waals surface area contributed by atoms with Crippen LogP contribution in [-0.2, 0) is 0 Å². The van der Waals surface area contributed by atoms with E-state index in [9.17, 15) is 22.0 Å². The van der Waals surface area contributed by atoms with E-state index in [0.29, 0.717) is 32.7 Å². The number of aromatic nitrogens is 3. The molecule has 0 saturated heterocycles. The first-order valence-corrected chi connectivity index (χ1v) is 10.2. The highest BCUT2D eigenvalue weighted by Crippen LogP contribution is 2.49. The van der Waals surface area contributed by atoms with Gasteiger partial charge in [-0.15, -0.1) is 0 Å². The number of alkyl halides is 4. The van der Waals surface area contributed by atoms with Crippen LogP contribution in [0, 0.1) is 12.7 Å². The van der Waals surface area contributed by atoms with Gasteiger partial charge in [0.15, 0.2) is 5.65 Å². The number of nitrogens with zero attached hydrogens (tertiary/aromatic N) is 3. The Balaban J connectivity index is 1.82. The maximum Gasteiger partial charge on any atom is 0.266 e. The third kappa shape index (κ3) is 3.68. The Kier molecular flexibility index (Phi) is 5.28. The van der Waals surface area contributed by atoms with Crippen LogP contribution in [0.2, 0.25) is 0 Å². The summed E-state index contributed by atoms with van der Waals surface area (Å²) < 4.78 is 68.1. The van der Waals surface area contributed by atoms with Gasteiger partial charge < -0.3 is 0 Å².